The van der Waals surface area contributed by atoms with E-state index in [1.807, 2.05) is 36.5 Å². The fourth-order valence-corrected chi connectivity index (χ4v) is 3.79. The largest absolute Gasteiger partial charge is 0.382 e. The van der Waals surface area contributed by atoms with Gasteiger partial charge in [0, 0.05) is 34.9 Å². The van der Waals surface area contributed by atoms with Crippen molar-refractivity contribution in [1.29, 1.82) is 0 Å². The van der Waals surface area contributed by atoms with Gasteiger partial charge < -0.3 is 15.0 Å². The molecule has 0 bridgehead atoms. The second-order valence-corrected chi connectivity index (χ2v) is 9.29. The van der Waals surface area contributed by atoms with Crippen molar-refractivity contribution >= 4 is 28.2 Å². The van der Waals surface area contributed by atoms with Crippen molar-refractivity contribution in [3.05, 3.63) is 48.1 Å². The van der Waals surface area contributed by atoms with Crippen molar-refractivity contribution < 1.29 is 4.74 Å². The standard InChI is InChI=1S/C25H38ClN3O/c1-6-13-25(4,5)19-30-17-16-29(7-2)15-8-9-20(3)28-23-12-14-27-24-18-21(26)10-11-22(23)24/h6,10-12,14,18,20H,1,7-9,13,15-17,19H2,2-5H3,(H,27,28). The van der Waals surface area contributed by atoms with Gasteiger partial charge in [0.1, 0.15) is 0 Å². The lowest BCUT2D eigenvalue weighted by molar-refractivity contribution is 0.0490. The van der Waals surface area contributed by atoms with Crippen molar-refractivity contribution in [3.8, 4) is 0 Å². The minimum absolute atomic E-state index is 0.169. The summed E-state index contributed by atoms with van der Waals surface area (Å²) < 4.78 is 5.92. The highest BCUT2D eigenvalue weighted by Gasteiger charge is 2.16. The molecule has 2 aromatic rings. The second kappa shape index (κ2) is 12.3. The third-order valence-electron chi connectivity index (χ3n) is 5.41. The van der Waals surface area contributed by atoms with Crippen LogP contribution < -0.4 is 5.32 Å². The third-order valence-corrected chi connectivity index (χ3v) is 5.64. The van der Waals surface area contributed by atoms with Crippen LogP contribution in [0.3, 0.4) is 0 Å². The molecule has 0 amide bonds. The first-order chi connectivity index (χ1) is 14.3. The molecule has 1 N–H and O–H groups in total. The average molecular weight is 432 g/mol. The van der Waals surface area contributed by atoms with E-state index < -0.39 is 0 Å². The number of hydrogen-bond donors (Lipinski definition) is 1. The fraction of sp³-hybridized carbons (Fsp3) is 0.560. The molecular formula is C25H38ClN3O. The Morgan fingerprint density at radius 2 is 2.10 bits per heavy atom. The van der Waals surface area contributed by atoms with Gasteiger partial charge in [0.05, 0.1) is 18.7 Å². The van der Waals surface area contributed by atoms with E-state index in [9.17, 15) is 0 Å². The van der Waals surface area contributed by atoms with E-state index in [-0.39, 0.29) is 5.41 Å². The molecular weight excluding hydrogens is 394 g/mol. The molecule has 0 spiro atoms. The predicted molar refractivity (Wildman–Crippen MR) is 131 cm³/mol. The predicted octanol–water partition coefficient (Wildman–Crippen LogP) is 6.41. The number of nitrogens with one attached hydrogen (secondary N) is 1. The first kappa shape index (κ1) is 24.6. The molecule has 1 atom stereocenters. The summed E-state index contributed by atoms with van der Waals surface area (Å²) in [6.45, 7) is 17.4. The molecule has 2 rings (SSSR count). The summed E-state index contributed by atoms with van der Waals surface area (Å²) in [6, 6.07) is 8.29. The van der Waals surface area contributed by atoms with Gasteiger partial charge in [-0.15, -0.1) is 6.58 Å². The van der Waals surface area contributed by atoms with Crippen LogP contribution in [-0.4, -0.2) is 48.8 Å². The lowest BCUT2D eigenvalue weighted by atomic mass is 9.91. The number of benzene rings is 1. The average Bonchev–Trinajstić information content (AvgIpc) is 2.69. The number of fused-ring (bicyclic) bond motifs is 1. The monoisotopic (exact) mass is 431 g/mol. The highest BCUT2D eigenvalue weighted by atomic mass is 35.5. The van der Waals surface area contributed by atoms with Gasteiger partial charge in [-0.3, -0.25) is 4.98 Å². The zero-order chi connectivity index (χ0) is 22.0. The van der Waals surface area contributed by atoms with Crippen LogP contribution in [0.1, 0.15) is 47.0 Å². The van der Waals surface area contributed by atoms with Crippen LogP contribution in [-0.2, 0) is 4.74 Å². The second-order valence-electron chi connectivity index (χ2n) is 8.85. The van der Waals surface area contributed by atoms with E-state index in [1.165, 1.54) is 0 Å². The molecule has 0 saturated carbocycles. The SMILES string of the molecule is C=CCC(C)(C)COCCN(CC)CCCC(C)Nc1ccnc2cc(Cl)ccc12. The molecule has 0 aliphatic heterocycles. The number of nitrogens with zero attached hydrogens (tertiary/aromatic N) is 2. The lowest BCUT2D eigenvalue weighted by Crippen LogP contribution is -2.30. The number of pyridine rings is 1. The molecule has 1 aromatic carbocycles. The Morgan fingerprint density at radius 1 is 1.30 bits per heavy atom. The normalized spacial score (nSPS) is 13.0. The maximum Gasteiger partial charge on any atom is 0.0737 e. The summed E-state index contributed by atoms with van der Waals surface area (Å²) >= 11 is 6.09. The highest BCUT2D eigenvalue weighted by molar-refractivity contribution is 6.31. The molecule has 0 aliphatic carbocycles. The molecule has 5 heteroatoms. The number of aromatic nitrogens is 1. The maximum atomic E-state index is 6.09. The Balaban J connectivity index is 1.72. The van der Waals surface area contributed by atoms with E-state index in [0.29, 0.717) is 11.1 Å². The maximum absolute atomic E-state index is 6.09. The van der Waals surface area contributed by atoms with Crippen LogP contribution in [0.15, 0.2) is 43.1 Å². The van der Waals surface area contributed by atoms with E-state index >= 15 is 0 Å². The summed E-state index contributed by atoms with van der Waals surface area (Å²) in [5, 5.41) is 5.47. The topological polar surface area (TPSA) is 37.4 Å². The van der Waals surface area contributed by atoms with E-state index in [2.05, 4.69) is 49.5 Å². The van der Waals surface area contributed by atoms with E-state index in [0.717, 1.165) is 68.7 Å². The molecule has 0 aliphatic rings. The zero-order valence-electron chi connectivity index (χ0n) is 19.1. The van der Waals surface area contributed by atoms with Gasteiger partial charge in [-0.25, -0.2) is 0 Å². The quantitative estimate of drug-likeness (QED) is 0.277. The minimum Gasteiger partial charge on any atom is -0.382 e. The van der Waals surface area contributed by atoms with Gasteiger partial charge in [0.2, 0.25) is 0 Å². The zero-order valence-corrected chi connectivity index (χ0v) is 19.8. The molecule has 0 fully saturated rings. The van der Waals surface area contributed by atoms with Gasteiger partial charge in [-0.2, -0.15) is 0 Å². The minimum atomic E-state index is 0.169. The fourth-order valence-electron chi connectivity index (χ4n) is 3.63. The summed E-state index contributed by atoms with van der Waals surface area (Å²) in [5.74, 6) is 0. The van der Waals surface area contributed by atoms with Gasteiger partial charge >= 0.3 is 0 Å². The van der Waals surface area contributed by atoms with Crippen LogP contribution in [0.25, 0.3) is 10.9 Å². The number of anilines is 1. The van der Waals surface area contributed by atoms with Crippen LogP contribution in [0.2, 0.25) is 5.02 Å². The summed E-state index contributed by atoms with van der Waals surface area (Å²) in [4.78, 5) is 6.89. The Morgan fingerprint density at radius 3 is 2.83 bits per heavy atom. The molecule has 0 saturated heterocycles. The molecule has 0 radical (unpaired) electrons. The van der Waals surface area contributed by atoms with Crippen LogP contribution in [0.5, 0.6) is 0 Å². The van der Waals surface area contributed by atoms with Gasteiger partial charge in [-0.1, -0.05) is 38.4 Å². The van der Waals surface area contributed by atoms with E-state index in [4.69, 9.17) is 16.3 Å². The molecule has 30 heavy (non-hydrogen) atoms. The third kappa shape index (κ3) is 8.25. The molecule has 1 heterocycles. The molecule has 1 aromatic heterocycles. The van der Waals surface area contributed by atoms with Crippen LogP contribution >= 0.6 is 11.6 Å². The Kier molecular flexibility index (Phi) is 10.1. The number of likely N-dealkylation sites (N-methyl/N-ethyl adjacent to an activating group) is 1. The van der Waals surface area contributed by atoms with Crippen molar-refractivity contribution in [1.82, 2.24) is 9.88 Å². The lowest BCUT2D eigenvalue weighted by Gasteiger charge is -2.25. The van der Waals surface area contributed by atoms with Crippen molar-refractivity contribution in [2.75, 3.05) is 38.2 Å². The van der Waals surface area contributed by atoms with Crippen molar-refractivity contribution in [3.63, 3.8) is 0 Å². The van der Waals surface area contributed by atoms with Crippen molar-refractivity contribution in [2.24, 2.45) is 5.41 Å². The first-order valence-electron chi connectivity index (χ1n) is 11.1. The summed E-state index contributed by atoms with van der Waals surface area (Å²) in [5.41, 5.74) is 2.21. The van der Waals surface area contributed by atoms with Crippen LogP contribution in [0.4, 0.5) is 5.69 Å². The number of rotatable bonds is 14. The van der Waals surface area contributed by atoms with Gasteiger partial charge in [0.25, 0.3) is 0 Å². The van der Waals surface area contributed by atoms with E-state index in [1.54, 1.807) is 0 Å². The molecule has 4 nitrogen and oxygen atoms in total. The number of ether oxygens (including phenoxy) is 1. The number of allylic oxidation sites excluding steroid dienone is 1. The van der Waals surface area contributed by atoms with Gasteiger partial charge in [-0.05, 0) is 69.0 Å². The van der Waals surface area contributed by atoms with Crippen LogP contribution in [0, 0.1) is 5.41 Å². The number of hydrogen-bond acceptors (Lipinski definition) is 4. The Hall–Kier alpha value is -1.62. The number of halogens is 1. The molecule has 166 valence electrons. The summed E-state index contributed by atoms with van der Waals surface area (Å²) in [6.07, 6.45) is 7.05. The Labute approximate surface area is 187 Å². The smallest absolute Gasteiger partial charge is 0.0737 e. The summed E-state index contributed by atoms with van der Waals surface area (Å²) in [7, 11) is 0. The van der Waals surface area contributed by atoms with Crippen molar-refractivity contribution in [2.45, 2.75) is 53.0 Å². The Bertz CT molecular complexity index is 793. The first-order valence-corrected chi connectivity index (χ1v) is 11.4. The highest BCUT2D eigenvalue weighted by Crippen LogP contribution is 2.25. The van der Waals surface area contributed by atoms with Gasteiger partial charge in [0.15, 0.2) is 0 Å². The molecule has 1 unspecified atom stereocenters.